The summed E-state index contributed by atoms with van der Waals surface area (Å²) in [6.45, 7) is 1.36. The third kappa shape index (κ3) is 3.84. The van der Waals surface area contributed by atoms with Crippen molar-refractivity contribution in [2.75, 3.05) is 12.4 Å². The Labute approximate surface area is 164 Å². The molecule has 1 aliphatic rings. The molecule has 0 unspecified atom stereocenters. The summed E-state index contributed by atoms with van der Waals surface area (Å²) in [5.74, 6) is -2.79. The molecule has 1 aromatic heterocycles. The standard InChI is InChI=1S/C19H19FN2O5S/c1-9(27-19(25)11-7-6-10(26-2)8-13(11)20)17(24)22-18-15(16(21)23)12-4-3-5-14(12)28-18/h6-9H,3-5H2,1-2H3,(H2,21,23)(H,22,24)/t9-/m0/s1. The minimum absolute atomic E-state index is 0.254. The number of aryl methyl sites for hydroxylation is 1. The number of ether oxygens (including phenoxy) is 2. The highest BCUT2D eigenvalue weighted by atomic mass is 32.1. The van der Waals surface area contributed by atoms with Gasteiger partial charge in [-0.05, 0) is 43.9 Å². The number of hydrogen-bond donors (Lipinski definition) is 2. The molecule has 1 aromatic carbocycles. The largest absolute Gasteiger partial charge is 0.497 e. The molecule has 0 fully saturated rings. The lowest BCUT2D eigenvalue weighted by Crippen LogP contribution is -2.30. The highest BCUT2D eigenvalue weighted by Crippen LogP contribution is 2.38. The van der Waals surface area contributed by atoms with E-state index in [9.17, 15) is 18.8 Å². The Morgan fingerprint density at radius 2 is 2.04 bits per heavy atom. The van der Waals surface area contributed by atoms with E-state index in [-0.39, 0.29) is 11.3 Å². The molecule has 3 rings (SSSR count). The topological polar surface area (TPSA) is 108 Å². The zero-order valence-electron chi connectivity index (χ0n) is 15.3. The number of amides is 2. The second kappa shape index (κ2) is 7.97. The van der Waals surface area contributed by atoms with Crippen LogP contribution in [0.15, 0.2) is 18.2 Å². The number of fused-ring (bicyclic) bond motifs is 1. The molecular weight excluding hydrogens is 387 g/mol. The van der Waals surface area contributed by atoms with E-state index in [1.807, 2.05) is 0 Å². The van der Waals surface area contributed by atoms with Crippen molar-refractivity contribution in [1.29, 1.82) is 0 Å². The Morgan fingerprint density at radius 3 is 2.68 bits per heavy atom. The molecule has 0 aliphatic heterocycles. The van der Waals surface area contributed by atoms with Gasteiger partial charge in [-0.25, -0.2) is 9.18 Å². The molecule has 1 heterocycles. The molecule has 7 nitrogen and oxygen atoms in total. The van der Waals surface area contributed by atoms with Crippen LogP contribution in [0.2, 0.25) is 0 Å². The highest BCUT2D eigenvalue weighted by Gasteiger charge is 2.28. The maximum absolute atomic E-state index is 14.0. The number of hydrogen-bond acceptors (Lipinski definition) is 6. The monoisotopic (exact) mass is 406 g/mol. The molecule has 1 atom stereocenters. The third-order valence-corrected chi connectivity index (χ3v) is 5.66. The number of nitrogens with two attached hydrogens (primary N) is 1. The Morgan fingerprint density at radius 1 is 1.29 bits per heavy atom. The number of methoxy groups -OCH3 is 1. The van der Waals surface area contributed by atoms with Gasteiger partial charge in [0.15, 0.2) is 6.10 Å². The van der Waals surface area contributed by atoms with Crippen molar-refractivity contribution in [3.8, 4) is 5.75 Å². The van der Waals surface area contributed by atoms with Gasteiger partial charge in [0.2, 0.25) is 0 Å². The lowest BCUT2D eigenvalue weighted by molar-refractivity contribution is -0.123. The van der Waals surface area contributed by atoms with E-state index in [4.69, 9.17) is 15.2 Å². The maximum atomic E-state index is 14.0. The van der Waals surface area contributed by atoms with E-state index < -0.39 is 29.7 Å². The van der Waals surface area contributed by atoms with Crippen LogP contribution in [-0.4, -0.2) is 31.0 Å². The van der Waals surface area contributed by atoms with E-state index in [1.54, 1.807) is 0 Å². The molecule has 9 heteroatoms. The van der Waals surface area contributed by atoms with Gasteiger partial charge in [-0.15, -0.1) is 11.3 Å². The van der Waals surface area contributed by atoms with E-state index >= 15 is 0 Å². The van der Waals surface area contributed by atoms with E-state index in [2.05, 4.69) is 5.32 Å². The van der Waals surface area contributed by atoms with Crippen molar-refractivity contribution in [3.63, 3.8) is 0 Å². The van der Waals surface area contributed by atoms with Crippen LogP contribution in [0.1, 0.15) is 44.5 Å². The van der Waals surface area contributed by atoms with Gasteiger partial charge < -0.3 is 20.5 Å². The fourth-order valence-corrected chi connectivity index (χ4v) is 4.33. The first-order valence-electron chi connectivity index (χ1n) is 8.61. The molecule has 0 radical (unpaired) electrons. The summed E-state index contributed by atoms with van der Waals surface area (Å²) in [6.07, 6.45) is 1.31. The van der Waals surface area contributed by atoms with Crippen LogP contribution in [0, 0.1) is 5.82 Å². The smallest absolute Gasteiger partial charge is 0.341 e. The van der Waals surface area contributed by atoms with E-state index in [1.165, 1.54) is 37.5 Å². The van der Waals surface area contributed by atoms with Gasteiger partial charge in [-0.2, -0.15) is 0 Å². The molecule has 1 aliphatic carbocycles. The van der Waals surface area contributed by atoms with E-state index in [0.717, 1.165) is 35.8 Å². The zero-order valence-corrected chi connectivity index (χ0v) is 16.2. The average Bonchev–Trinajstić information content (AvgIpc) is 3.21. The van der Waals surface area contributed by atoms with Gasteiger partial charge in [0, 0.05) is 10.9 Å². The second-order valence-electron chi connectivity index (χ2n) is 6.31. The van der Waals surface area contributed by atoms with Crippen molar-refractivity contribution >= 4 is 34.1 Å². The number of halogens is 1. The number of benzene rings is 1. The molecule has 2 aromatic rings. The summed E-state index contributed by atoms with van der Waals surface area (Å²) >= 11 is 1.30. The van der Waals surface area contributed by atoms with Gasteiger partial charge in [-0.1, -0.05) is 0 Å². The summed E-state index contributed by atoms with van der Waals surface area (Å²) in [5, 5.41) is 2.95. The maximum Gasteiger partial charge on any atom is 0.341 e. The number of anilines is 1. The summed E-state index contributed by atoms with van der Waals surface area (Å²) in [7, 11) is 1.37. The van der Waals surface area contributed by atoms with Crippen LogP contribution in [0.4, 0.5) is 9.39 Å². The van der Waals surface area contributed by atoms with Gasteiger partial charge in [0.1, 0.15) is 16.6 Å². The second-order valence-corrected chi connectivity index (χ2v) is 7.41. The quantitative estimate of drug-likeness (QED) is 0.717. The Bertz CT molecular complexity index is 956. The fourth-order valence-electron chi connectivity index (χ4n) is 3.03. The highest BCUT2D eigenvalue weighted by molar-refractivity contribution is 7.17. The van der Waals surface area contributed by atoms with Crippen molar-refractivity contribution in [2.24, 2.45) is 5.73 Å². The van der Waals surface area contributed by atoms with E-state index in [0.29, 0.717) is 10.6 Å². The zero-order chi connectivity index (χ0) is 20.4. The number of thiophene rings is 1. The molecular formula is C19H19FN2O5S. The molecule has 28 heavy (non-hydrogen) atoms. The van der Waals surface area contributed by atoms with Gasteiger partial charge in [0.25, 0.3) is 11.8 Å². The predicted octanol–water partition coefficient (Wildman–Crippen LogP) is 2.67. The molecule has 0 bridgehead atoms. The summed E-state index contributed by atoms with van der Waals surface area (Å²) < 4.78 is 23.9. The molecule has 0 saturated carbocycles. The van der Waals surface area contributed by atoms with Crippen molar-refractivity contribution in [1.82, 2.24) is 0 Å². The van der Waals surface area contributed by atoms with Crippen molar-refractivity contribution in [2.45, 2.75) is 32.3 Å². The first kappa shape index (κ1) is 19.8. The Kier molecular flexibility index (Phi) is 5.64. The van der Waals surface area contributed by atoms with Crippen molar-refractivity contribution < 1.29 is 28.2 Å². The molecule has 0 saturated heterocycles. The normalized spacial score (nSPS) is 13.5. The van der Waals surface area contributed by atoms with Gasteiger partial charge in [-0.3, -0.25) is 9.59 Å². The average molecular weight is 406 g/mol. The number of esters is 1. The minimum Gasteiger partial charge on any atom is -0.497 e. The number of nitrogens with one attached hydrogen (secondary N) is 1. The number of carbonyl (C=O) groups is 3. The SMILES string of the molecule is COc1ccc(C(=O)O[C@@H](C)C(=O)Nc2sc3c(c2C(N)=O)CCC3)c(F)c1. The van der Waals surface area contributed by atoms with Crippen LogP contribution < -0.4 is 15.8 Å². The predicted molar refractivity (Wildman–Crippen MR) is 101 cm³/mol. The number of primary amides is 1. The fraction of sp³-hybridized carbons (Fsp3) is 0.316. The summed E-state index contributed by atoms with van der Waals surface area (Å²) in [5.41, 5.74) is 6.33. The Hall–Kier alpha value is -2.94. The van der Waals surface area contributed by atoms with Crippen LogP contribution in [0.25, 0.3) is 0 Å². The third-order valence-electron chi connectivity index (χ3n) is 4.45. The van der Waals surface area contributed by atoms with Crippen LogP contribution in [0.5, 0.6) is 5.75 Å². The van der Waals surface area contributed by atoms with Crippen LogP contribution in [-0.2, 0) is 22.4 Å². The first-order chi connectivity index (χ1) is 13.3. The summed E-state index contributed by atoms with van der Waals surface area (Å²) in [6, 6.07) is 3.68. The molecule has 3 N–H and O–H groups in total. The van der Waals surface area contributed by atoms with Crippen LogP contribution in [0.3, 0.4) is 0 Å². The first-order valence-corrected chi connectivity index (χ1v) is 9.43. The van der Waals surface area contributed by atoms with Gasteiger partial charge in [0.05, 0.1) is 18.2 Å². The molecule has 0 spiro atoms. The lowest BCUT2D eigenvalue weighted by Gasteiger charge is -2.14. The lowest BCUT2D eigenvalue weighted by atomic mass is 10.1. The molecule has 148 valence electrons. The van der Waals surface area contributed by atoms with Crippen molar-refractivity contribution in [3.05, 3.63) is 45.6 Å². The summed E-state index contributed by atoms with van der Waals surface area (Å²) in [4.78, 5) is 37.4. The number of carbonyl (C=O) groups excluding carboxylic acids is 3. The Balaban J connectivity index is 1.70. The van der Waals surface area contributed by atoms with Gasteiger partial charge >= 0.3 is 5.97 Å². The van der Waals surface area contributed by atoms with Crippen LogP contribution >= 0.6 is 11.3 Å². The molecule has 2 amide bonds. The minimum atomic E-state index is -1.20. The number of rotatable bonds is 6.